The van der Waals surface area contributed by atoms with Crippen LogP contribution < -0.4 is 0 Å². The van der Waals surface area contributed by atoms with Gasteiger partial charge < -0.3 is 14.2 Å². The molecule has 0 bridgehead atoms. The van der Waals surface area contributed by atoms with Gasteiger partial charge in [0.15, 0.2) is 16.1 Å². The maximum Gasteiger partial charge on any atom is 0.197 e. The van der Waals surface area contributed by atoms with Gasteiger partial charge in [0.1, 0.15) is 11.7 Å². The lowest BCUT2D eigenvalue weighted by molar-refractivity contribution is -0.127. The molecule has 33 heavy (non-hydrogen) atoms. The van der Waals surface area contributed by atoms with E-state index in [1.165, 1.54) is 13.2 Å². The summed E-state index contributed by atoms with van der Waals surface area (Å²) in [4.78, 5) is 0.0902. The van der Waals surface area contributed by atoms with Crippen LogP contribution in [0.25, 0.3) is 0 Å². The highest BCUT2D eigenvalue weighted by Crippen LogP contribution is 2.41. The van der Waals surface area contributed by atoms with Gasteiger partial charge in [-0.2, -0.15) is 0 Å². The Labute approximate surface area is 194 Å². The minimum Gasteiger partial charge on any atom is -0.358 e. The molecular formula is C27H26O5S. The van der Waals surface area contributed by atoms with Crippen molar-refractivity contribution in [1.29, 1.82) is 0 Å². The maximum atomic E-state index is 12.6. The SMILES string of the molecule is C=CS(=O)(=O)C1=C[C@@H](OC)O[C@@H]1COC(c1ccccc1)(c1ccccc1)c1ccccc1. The molecule has 170 valence electrons. The van der Waals surface area contributed by atoms with E-state index in [0.717, 1.165) is 22.1 Å². The number of sulfone groups is 1. The molecule has 0 aliphatic carbocycles. The number of hydrogen-bond acceptors (Lipinski definition) is 5. The fourth-order valence-electron chi connectivity index (χ4n) is 4.10. The monoisotopic (exact) mass is 462 g/mol. The quantitative estimate of drug-likeness (QED) is 0.427. The van der Waals surface area contributed by atoms with E-state index >= 15 is 0 Å². The van der Waals surface area contributed by atoms with E-state index in [4.69, 9.17) is 14.2 Å². The molecule has 0 saturated carbocycles. The van der Waals surface area contributed by atoms with Gasteiger partial charge >= 0.3 is 0 Å². The third-order valence-corrected chi connectivity index (χ3v) is 7.18. The zero-order valence-corrected chi connectivity index (χ0v) is 19.1. The van der Waals surface area contributed by atoms with Crippen molar-refractivity contribution in [2.75, 3.05) is 13.7 Å². The van der Waals surface area contributed by atoms with E-state index < -0.39 is 27.8 Å². The molecule has 0 spiro atoms. The molecule has 1 heterocycles. The lowest BCUT2D eigenvalue weighted by atomic mass is 9.80. The van der Waals surface area contributed by atoms with Gasteiger partial charge in [-0.15, -0.1) is 0 Å². The first-order valence-corrected chi connectivity index (χ1v) is 12.1. The van der Waals surface area contributed by atoms with Crippen LogP contribution >= 0.6 is 0 Å². The number of methoxy groups -OCH3 is 1. The van der Waals surface area contributed by atoms with E-state index in [1.54, 1.807) is 0 Å². The smallest absolute Gasteiger partial charge is 0.197 e. The molecule has 0 unspecified atom stereocenters. The highest BCUT2D eigenvalue weighted by atomic mass is 32.2. The highest BCUT2D eigenvalue weighted by Gasteiger charge is 2.41. The van der Waals surface area contributed by atoms with Crippen molar-refractivity contribution in [1.82, 2.24) is 0 Å². The largest absolute Gasteiger partial charge is 0.358 e. The first-order valence-electron chi connectivity index (χ1n) is 10.6. The van der Waals surface area contributed by atoms with Crippen molar-refractivity contribution in [3.05, 3.63) is 131 Å². The Bertz CT molecular complexity index is 1110. The molecule has 0 saturated heterocycles. The Morgan fingerprint density at radius 2 is 1.33 bits per heavy atom. The summed E-state index contributed by atoms with van der Waals surface area (Å²) in [5, 5.41) is 0.923. The van der Waals surface area contributed by atoms with E-state index in [9.17, 15) is 8.42 Å². The van der Waals surface area contributed by atoms with E-state index in [0.29, 0.717) is 0 Å². The van der Waals surface area contributed by atoms with Crippen molar-refractivity contribution in [2.45, 2.75) is 18.0 Å². The highest BCUT2D eigenvalue weighted by molar-refractivity contribution is 7.98. The Kier molecular flexibility index (Phi) is 6.91. The summed E-state index contributed by atoms with van der Waals surface area (Å²) in [6.07, 6.45) is -0.156. The number of rotatable bonds is 9. The van der Waals surface area contributed by atoms with Crippen LogP contribution in [0.3, 0.4) is 0 Å². The fourth-order valence-corrected chi connectivity index (χ4v) is 5.08. The van der Waals surface area contributed by atoms with Crippen LogP contribution in [0.2, 0.25) is 0 Å². The lowest BCUT2D eigenvalue weighted by Crippen LogP contribution is -2.37. The summed E-state index contributed by atoms with van der Waals surface area (Å²) in [5.74, 6) is 0. The van der Waals surface area contributed by atoms with Crippen LogP contribution in [0.15, 0.2) is 114 Å². The van der Waals surface area contributed by atoms with E-state index in [1.807, 2.05) is 91.0 Å². The summed E-state index contributed by atoms with van der Waals surface area (Å²) in [6.45, 7) is 3.43. The average molecular weight is 463 g/mol. The molecule has 0 radical (unpaired) electrons. The minimum atomic E-state index is -3.71. The van der Waals surface area contributed by atoms with Crippen molar-refractivity contribution < 1.29 is 22.6 Å². The predicted octanol–water partition coefficient (Wildman–Crippen LogP) is 4.81. The second kappa shape index (κ2) is 9.85. The van der Waals surface area contributed by atoms with Crippen LogP contribution in [0, 0.1) is 0 Å². The number of hydrogen-bond donors (Lipinski definition) is 0. The normalized spacial score (nSPS) is 18.6. The zero-order valence-electron chi connectivity index (χ0n) is 18.3. The Hall–Kier alpha value is -3.03. The van der Waals surface area contributed by atoms with Gasteiger partial charge in [0.2, 0.25) is 0 Å². The van der Waals surface area contributed by atoms with Gasteiger partial charge in [0, 0.05) is 12.5 Å². The average Bonchev–Trinajstić information content (AvgIpc) is 3.31. The molecule has 0 aromatic heterocycles. The van der Waals surface area contributed by atoms with Crippen LogP contribution in [-0.2, 0) is 29.6 Å². The van der Waals surface area contributed by atoms with Gasteiger partial charge in [-0.1, -0.05) is 97.6 Å². The molecule has 2 atom stereocenters. The summed E-state index contributed by atoms with van der Waals surface area (Å²) < 4.78 is 43.1. The Morgan fingerprint density at radius 3 is 1.73 bits per heavy atom. The molecule has 0 N–H and O–H groups in total. The van der Waals surface area contributed by atoms with Gasteiger partial charge in [0.05, 0.1) is 11.5 Å². The lowest BCUT2D eigenvalue weighted by Gasteiger charge is -2.37. The van der Waals surface area contributed by atoms with Crippen LogP contribution in [0.1, 0.15) is 16.7 Å². The molecule has 5 nitrogen and oxygen atoms in total. The van der Waals surface area contributed by atoms with E-state index in [-0.39, 0.29) is 11.5 Å². The van der Waals surface area contributed by atoms with Crippen molar-refractivity contribution in [3.8, 4) is 0 Å². The molecule has 3 aromatic rings. The van der Waals surface area contributed by atoms with Gasteiger partial charge in [-0.25, -0.2) is 8.42 Å². The Balaban J connectivity index is 1.81. The van der Waals surface area contributed by atoms with Crippen molar-refractivity contribution in [3.63, 3.8) is 0 Å². The summed E-state index contributed by atoms with van der Waals surface area (Å²) >= 11 is 0. The molecule has 1 aliphatic rings. The van der Waals surface area contributed by atoms with Crippen LogP contribution in [-0.4, -0.2) is 34.5 Å². The van der Waals surface area contributed by atoms with Gasteiger partial charge in [0.25, 0.3) is 0 Å². The molecule has 1 aliphatic heterocycles. The van der Waals surface area contributed by atoms with Crippen molar-refractivity contribution in [2.24, 2.45) is 0 Å². The summed E-state index contributed by atoms with van der Waals surface area (Å²) in [5.41, 5.74) is 1.77. The standard InChI is InChI=1S/C27H26O5S/c1-3-33(28,29)25-19-26(30-2)32-24(25)20-31-27(21-13-7-4-8-14-21,22-15-9-5-10-16-22)23-17-11-6-12-18-23/h3-19,24,26H,1,20H2,2H3/t24-,26+/m1/s1. The molecule has 4 rings (SSSR count). The number of ether oxygens (including phenoxy) is 3. The van der Waals surface area contributed by atoms with Gasteiger partial charge in [-0.05, 0) is 22.8 Å². The number of benzene rings is 3. The predicted molar refractivity (Wildman–Crippen MR) is 128 cm³/mol. The summed E-state index contributed by atoms with van der Waals surface area (Å²) in [6, 6.07) is 29.6. The third-order valence-electron chi connectivity index (χ3n) is 5.69. The molecular weight excluding hydrogens is 436 g/mol. The zero-order chi connectivity index (χ0) is 23.3. The van der Waals surface area contributed by atoms with Gasteiger partial charge in [-0.3, -0.25) is 0 Å². The van der Waals surface area contributed by atoms with Crippen LogP contribution in [0.5, 0.6) is 0 Å². The van der Waals surface area contributed by atoms with E-state index in [2.05, 4.69) is 6.58 Å². The first kappa shape index (κ1) is 23.1. The van der Waals surface area contributed by atoms with Crippen LogP contribution in [0.4, 0.5) is 0 Å². The maximum absolute atomic E-state index is 12.6. The molecule has 0 amide bonds. The third kappa shape index (κ3) is 4.56. The topological polar surface area (TPSA) is 61.8 Å². The minimum absolute atomic E-state index is 0.0164. The molecule has 0 fully saturated rings. The molecule has 6 heteroatoms. The summed E-state index contributed by atoms with van der Waals surface area (Å²) in [7, 11) is -2.25. The Morgan fingerprint density at radius 1 is 0.879 bits per heavy atom. The van der Waals surface area contributed by atoms with Crippen molar-refractivity contribution >= 4 is 9.84 Å². The fraction of sp³-hybridized carbons (Fsp3) is 0.185. The second-order valence-electron chi connectivity index (χ2n) is 7.60. The molecule has 3 aromatic carbocycles. The first-order chi connectivity index (χ1) is 16.0. The second-order valence-corrected chi connectivity index (χ2v) is 9.49.